The molecule has 0 unspecified atom stereocenters. The Balaban J connectivity index is 1.90. The number of hydrogen-bond donors (Lipinski definition) is 1. The number of carbonyl (C=O) groups excluding carboxylic acids is 2. The summed E-state index contributed by atoms with van der Waals surface area (Å²) in [6, 6.07) is 15.5. The van der Waals surface area contributed by atoms with Crippen molar-refractivity contribution >= 4 is 11.8 Å². The molecule has 1 N–H and O–H groups in total. The molecule has 154 valence electrons. The predicted molar refractivity (Wildman–Crippen MR) is 112 cm³/mol. The Morgan fingerprint density at radius 1 is 1.07 bits per heavy atom. The highest BCUT2D eigenvalue weighted by molar-refractivity contribution is 5.77. The summed E-state index contributed by atoms with van der Waals surface area (Å²) in [5.41, 5.74) is 3.08. The van der Waals surface area contributed by atoms with Crippen molar-refractivity contribution < 1.29 is 19.4 Å². The number of ether oxygens (including phenoxy) is 1. The van der Waals surface area contributed by atoms with Crippen molar-refractivity contribution in [2.45, 2.75) is 31.8 Å². The first-order chi connectivity index (χ1) is 13.9. The van der Waals surface area contributed by atoms with Crippen molar-refractivity contribution in [2.24, 2.45) is 0 Å². The van der Waals surface area contributed by atoms with Crippen molar-refractivity contribution in [3.63, 3.8) is 0 Å². The van der Waals surface area contributed by atoms with Crippen LogP contribution in [-0.2, 0) is 9.59 Å². The largest absolute Gasteiger partial charge is 0.496 e. The van der Waals surface area contributed by atoms with Gasteiger partial charge in [-0.25, -0.2) is 0 Å². The molecule has 1 heterocycles. The number of para-hydroxylation sites is 1. The molecule has 2 aromatic rings. The molecule has 3 atom stereocenters. The number of aliphatic hydroxyl groups excluding tert-OH is 1. The summed E-state index contributed by atoms with van der Waals surface area (Å²) >= 11 is 0. The summed E-state index contributed by atoms with van der Waals surface area (Å²) < 4.78 is 5.45. The van der Waals surface area contributed by atoms with E-state index in [1.165, 1.54) is 13.8 Å². The second kappa shape index (κ2) is 8.66. The van der Waals surface area contributed by atoms with Gasteiger partial charge in [0.25, 0.3) is 0 Å². The van der Waals surface area contributed by atoms with E-state index < -0.39 is 0 Å². The lowest BCUT2D eigenvalue weighted by Crippen LogP contribution is -2.68. The third-order valence-electron chi connectivity index (χ3n) is 5.81. The van der Waals surface area contributed by atoms with Gasteiger partial charge in [-0.1, -0.05) is 42.5 Å². The van der Waals surface area contributed by atoms with Crippen molar-refractivity contribution in [3.05, 3.63) is 54.1 Å². The smallest absolute Gasteiger partial charge is 0.220 e. The standard InChI is InChI=1S/C23H28N2O4/c1-15(27)24(3)13-20-23(21(14-26)25(20)16(2)28)18-11-9-17(10-12-18)19-7-5-6-8-22(19)29-4/h5-12,20-21,23,26H,13-14H2,1-4H3/t20-,21-,23-/m1/s1. The van der Waals surface area contributed by atoms with Gasteiger partial charge < -0.3 is 19.6 Å². The van der Waals surface area contributed by atoms with Gasteiger partial charge in [0.15, 0.2) is 0 Å². The summed E-state index contributed by atoms with van der Waals surface area (Å²) in [5.74, 6) is 0.636. The van der Waals surface area contributed by atoms with Crippen molar-refractivity contribution in [1.82, 2.24) is 9.80 Å². The van der Waals surface area contributed by atoms with Crippen LogP contribution in [0.15, 0.2) is 48.5 Å². The summed E-state index contributed by atoms with van der Waals surface area (Å²) in [5, 5.41) is 9.91. The molecule has 29 heavy (non-hydrogen) atoms. The molecule has 1 aliphatic heterocycles. The maximum absolute atomic E-state index is 12.1. The average molecular weight is 396 g/mol. The third-order valence-corrected chi connectivity index (χ3v) is 5.81. The number of nitrogens with zero attached hydrogens (tertiary/aromatic N) is 2. The van der Waals surface area contributed by atoms with Gasteiger partial charge in [0.05, 0.1) is 25.8 Å². The highest BCUT2D eigenvalue weighted by Gasteiger charge is 2.50. The van der Waals surface area contributed by atoms with Gasteiger partial charge in [-0.05, 0) is 17.2 Å². The molecule has 0 spiro atoms. The van der Waals surface area contributed by atoms with E-state index >= 15 is 0 Å². The highest BCUT2D eigenvalue weighted by Crippen LogP contribution is 2.42. The summed E-state index contributed by atoms with van der Waals surface area (Å²) in [6.45, 7) is 3.34. The molecular weight excluding hydrogens is 368 g/mol. The number of likely N-dealkylation sites (N-methyl/N-ethyl adjacent to an activating group) is 1. The van der Waals surface area contributed by atoms with Crippen molar-refractivity contribution in [2.75, 3.05) is 27.3 Å². The molecule has 1 fully saturated rings. The molecule has 3 rings (SSSR count). The molecule has 0 radical (unpaired) electrons. The lowest BCUT2D eigenvalue weighted by Gasteiger charge is -2.55. The van der Waals surface area contributed by atoms with E-state index in [9.17, 15) is 14.7 Å². The molecule has 0 bridgehead atoms. The number of amides is 2. The maximum Gasteiger partial charge on any atom is 0.220 e. The van der Waals surface area contributed by atoms with E-state index in [2.05, 4.69) is 0 Å². The van der Waals surface area contributed by atoms with E-state index in [0.29, 0.717) is 6.54 Å². The maximum atomic E-state index is 12.1. The van der Waals surface area contributed by atoms with Crippen LogP contribution in [0.3, 0.4) is 0 Å². The predicted octanol–water partition coefficient (Wildman–Crippen LogP) is 2.52. The Kier molecular flexibility index (Phi) is 6.23. The SMILES string of the molecule is COc1ccccc1-c1ccc([C@H]2[C@@H](CO)N(C(C)=O)[C@@H]2CN(C)C(C)=O)cc1. The Morgan fingerprint density at radius 2 is 1.72 bits per heavy atom. The molecule has 6 nitrogen and oxygen atoms in total. The third kappa shape index (κ3) is 3.98. The van der Waals surface area contributed by atoms with Gasteiger partial charge in [-0.2, -0.15) is 0 Å². The quantitative estimate of drug-likeness (QED) is 0.815. The van der Waals surface area contributed by atoms with Crippen LogP contribution in [-0.4, -0.2) is 66.1 Å². The van der Waals surface area contributed by atoms with Crippen LogP contribution < -0.4 is 4.74 Å². The summed E-state index contributed by atoms with van der Waals surface area (Å²) in [4.78, 5) is 27.2. The fraction of sp³-hybridized carbons (Fsp3) is 0.391. The number of hydrogen-bond acceptors (Lipinski definition) is 4. The first-order valence-electron chi connectivity index (χ1n) is 9.73. The van der Waals surface area contributed by atoms with Crippen LogP contribution in [0.1, 0.15) is 25.3 Å². The minimum Gasteiger partial charge on any atom is -0.496 e. The highest BCUT2D eigenvalue weighted by atomic mass is 16.5. The molecule has 0 aliphatic carbocycles. The van der Waals surface area contributed by atoms with E-state index in [-0.39, 0.29) is 36.4 Å². The number of carbonyl (C=O) groups is 2. The van der Waals surface area contributed by atoms with Gasteiger partial charge in [-0.3, -0.25) is 9.59 Å². The summed E-state index contributed by atoms with van der Waals surface area (Å²) in [7, 11) is 3.38. The number of aliphatic hydroxyl groups is 1. The summed E-state index contributed by atoms with van der Waals surface area (Å²) in [6.07, 6.45) is 0. The van der Waals surface area contributed by atoms with Crippen LogP contribution in [0.2, 0.25) is 0 Å². The Labute approximate surface area is 171 Å². The lowest BCUT2D eigenvalue weighted by molar-refractivity contribution is -0.151. The number of benzene rings is 2. The van der Waals surface area contributed by atoms with E-state index in [1.807, 2.05) is 48.5 Å². The van der Waals surface area contributed by atoms with Gasteiger partial charge in [0.1, 0.15) is 5.75 Å². The van der Waals surface area contributed by atoms with Crippen molar-refractivity contribution in [1.29, 1.82) is 0 Å². The zero-order chi connectivity index (χ0) is 21.1. The molecule has 2 aromatic carbocycles. The zero-order valence-corrected chi connectivity index (χ0v) is 17.3. The van der Waals surface area contributed by atoms with E-state index in [1.54, 1.807) is 24.0 Å². The Bertz CT molecular complexity index is 881. The number of likely N-dealkylation sites (tertiary alicyclic amines) is 1. The topological polar surface area (TPSA) is 70.1 Å². The number of rotatable bonds is 6. The van der Waals surface area contributed by atoms with Crippen LogP contribution >= 0.6 is 0 Å². The van der Waals surface area contributed by atoms with Crippen LogP contribution in [0.4, 0.5) is 0 Å². The van der Waals surface area contributed by atoms with E-state index in [0.717, 1.165) is 22.4 Å². The molecular formula is C23H28N2O4. The van der Waals surface area contributed by atoms with Gasteiger partial charge in [0.2, 0.25) is 11.8 Å². The van der Waals surface area contributed by atoms with Gasteiger partial charge in [-0.15, -0.1) is 0 Å². The first-order valence-corrected chi connectivity index (χ1v) is 9.73. The Hall–Kier alpha value is -2.86. The Morgan fingerprint density at radius 3 is 2.28 bits per heavy atom. The fourth-order valence-corrected chi connectivity index (χ4v) is 4.24. The van der Waals surface area contributed by atoms with Crippen LogP contribution in [0.25, 0.3) is 11.1 Å². The average Bonchev–Trinajstić information content (AvgIpc) is 2.70. The zero-order valence-electron chi connectivity index (χ0n) is 17.3. The van der Waals surface area contributed by atoms with Crippen LogP contribution in [0.5, 0.6) is 5.75 Å². The fourth-order valence-electron chi connectivity index (χ4n) is 4.24. The molecule has 0 saturated carbocycles. The van der Waals surface area contributed by atoms with Crippen molar-refractivity contribution in [3.8, 4) is 16.9 Å². The van der Waals surface area contributed by atoms with Gasteiger partial charge >= 0.3 is 0 Å². The molecule has 0 aromatic heterocycles. The minimum atomic E-state index is -0.282. The molecule has 1 saturated heterocycles. The second-order valence-corrected chi connectivity index (χ2v) is 7.49. The van der Waals surface area contributed by atoms with Gasteiger partial charge in [0, 0.05) is 38.9 Å². The molecule has 2 amide bonds. The lowest BCUT2D eigenvalue weighted by atomic mass is 9.74. The molecule has 6 heteroatoms. The van der Waals surface area contributed by atoms with Crippen LogP contribution in [0, 0.1) is 0 Å². The number of methoxy groups -OCH3 is 1. The molecule has 1 aliphatic rings. The monoisotopic (exact) mass is 396 g/mol. The normalized spacial score (nSPS) is 20.7. The van der Waals surface area contributed by atoms with E-state index in [4.69, 9.17) is 4.74 Å². The minimum absolute atomic E-state index is 0.0302. The first kappa shape index (κ1) is 20.9. The second-order valence-electron chi connectivity index (χ2n) is 7.49.